The Labute approximate surface area is 264 Å². The molecule has 0 atom stereocenters. The predicted molar refractivity (Wildman–Crippen MR) is 171 cm³/mol. The summed E-state index contributed by atoms with van der Waals surface area (Å²) in [6.45, 7) is 2.91. The Hall–Kier alpha value is -4.80. The second-order valence-electron chi connectivity index (χ2n) is 10.9. The van der Waals surface area contributed by atoms with Crippen molar-refractivity contribution in [3.05, 3.63) is 111 Å². The average molecular weight is 628 g/mol. The van der Waals surface area contributed by atoms with Crippen molar-refractivity contribution in [2.24, 2.45) is 7.05 Å². The lowest BCUT2D eigenvalue weighted by atomic mass is 10.0. The maximum absolute atomic E-state index is 15.5. The Balaban J connectivity index is 1.23. The van der Waals surface area contributed by atoms with Crippen molar-refractivity contribution >= 4 is 23.2 Å². The Morgan fingerprint density at radius 3 is 2.58 bits per heavy atom. The zero-order valence-corrected chi connectivity index (χ0v) is 25.6. The number of Topliss-reactive ketones (excluding diaryl/α,β-unsaturated/α-hetero) is 1. The summed E-state index contributed by atoms with van der Waals surface area (Å²) in [4.78, 5) is 35.6. The standard InChI is InChI=1S/C34H31ClFN5O4/c1-20-30(34(43)41(40(20)2)24-6-3-5-23(35)18-24)28(42)17-21-9-11-22(12-10-21)32-33(37)38-19-27(39-32)26-7-4-8-29(31(26)36)45-25-13-15-44-16-14-25/h3-12,18-19,25H,13-17H2,1-2H3,(H2,37,38). The number of nitrogen functional groups attached to an aromatic ring is 1. The number of hydrogen-bond donors (Lipinski definition) is 1. The van der Waals surface area contributed by atoms with E-state index in [1.54, 1.807) is 85.4 Å². The SMILES string of the molecule is Cc1c(C(=O)Cc2ccc(-c3nc(-c4cccc(OC5CCOCC5)c4F)cnc3N)cc2)c(=O)n(-c2cccc(Cl)c2)n1C. The molecule has 0 spiro atoms. The molecule has 2 N–H and O–H groups in total. The van der Waals surface area contributed by atoms with Gasteiger partial charge in [0.15, 0.2) is 17.3 Å². The summed E-state index contributed by atoms with van der Waals surface area (Å²) in [6.07, 6.45) is 2.73. The first-order chi connectivity index (χ1) is 21.7. The number of nitrogens with zero attached hydrogens (tertiary/aromatic N) is 4. The molecule has 6 rings (SSSR count). The molecule has 0 unspecified atom stereocenters. The molecule has 1 fully saturated rings. The lowest BCUT2D eigenvalue weighted by Crippen LogP contribution is -2.26. The molecule has 0 radical (unpaired) electrons. The summed E-state index contributed by atoms with van der Waals surface area (Å²) in [7, 11) is 1.73. The van der Waals surface area contributed by atoms with E-state index in [-0.39, 0.29) is 41.0 Å². The van der Waals surface area contributed by atoms with E-state index in [2.05, 4.69) is 9.97 Å². The Morgan fingerprint density at radius 2 is 1.84 bits per heavy atom. The van der Waals surface area contributed by atoms with Gasteiger partial charge in [-0.05, 0) is 42.8 Å². The Bertz CT molecular complexity index is 1950. The fourth-order valence-corrected chi connectivity index (χ4v) is 5.68. The molecule has 0 bridgehead atoms. The van der Waals surface area contributed by atoms with Gasteiger partial charge in [-0.3, -0.25) is 14.3 Å². The van der Waals surface area contributed by atoms with E-state index < -0.39 is 11.4 Å². The van der Waals surface area contributed by atoms with Crippen LogP contribution in [0, 0.1) is 12.7 Å². The first-order valence-electron chi connectivity index (χ1n) is 14.5. The summed E-state index contributed by atoms with van der Waals surface area (Å²) in [5.41, 5.74) is 9.30. The van der Waals surface area contributed by atoms with Gasteiger partial charge < -0.3 is 15.2 Å². The number of ether oxygens (including phenoxy) is 2. The highest BCUT2D eigenvalue weighted by molar-refractivity contribution is 6.30. The summed E-state index contributed by atoms with van der Waals surface area (Å²) in [6, 6.07) is 18.9. The van der Waals surface area contributed by atoms with E-state index in [1.165, 1.54) is 10.9 Å². The first kappa shape index (κ1) is 30.2. The summed E-state index contributed by atoms with van der Waals surface area (Å²) < 4.78 is 29.9. The van der Waals surface area contributed by atoms with E-state index in [0.29, 0.717) is 65.0 Å². The fourth-order valence-electron chi connectivity index (χ4n) is 5.50. The highest BCUT2D eigenvalue weighted by atomic mass is 35.5. The molecule has 9 nitrogen and oxygen atoms in total. The van der Waals surface area contributed by atoms with Gasteiger partial charge in [-0.2, -0.15) is 0 Å². The molecule has 45 heavy (non-hydrogen) atoms. The van der Waals surface area contributed by atoms with Gasteiger partial charge in [0.2, 0.25) is 0 Å². The van der Waals surface area contributed by atoms with Crippen LogP contribution in [-0.4, -0.2) is 44.4 Å². The van der Waals surface area contributed by atoms with Crippen molar-refractivity contribution in [2.75, 3.05) is 18.9 Å². The third kappa shape index (κ3) is 6.11. The van der Waals surface area contributed by atoms with Crippen LogP contribution in [0.5, 0.6) is 5.75 Å². The Kier molecular flexibility index (Phi) is 8.51. The number of anilines is 1. The first-order valence-corrected chi connectivity index (χ1v) is 14.9. The van der Waals surface area contributed by atoms with Crippen molar-refractivity contribution in [1.82, 2.24) is 19.3 Å². The second kappa shape index (κ2) is 12.7. The van der Waals surface area contributed by atoms with Crippen molar-refractivity contribution in [2.45, 2.75) is 32.3 Å². The van der Waals surface area contributed by atoms with Gasteiger partial charge in [0.1, 0.15) is 23.2 Å². The molecular formula is C34H31ClFN5O4. The van der Waals surface area contributed by atoms with Crippen molar-refractivity contribution in [1.29, 1.82) is 0 Å². The molecule has 1 aliphatic rings. The minimum Gasteiger partial charge on any atom is -0.487 e. The zero-order valence-electron chi connectivity index (χ0n) is 24.8. The topological polar surface area (TPSA) is 114 Å². The second-order valence-corrected chi connectivity index (χ2v) is 11.4. The van der Waals surface area contributed by atoms with Gasteiger partial charge in [-0.25, -0.2) is 19.0 Å². The molecule has 11 heteroatoms. The quantitative estimate of drug-likeness (QED) is 0.211. The average Bonchev–Trinajstić information content (AvgIpc) is 3.26. The molecule has 3 heterocycles. The normalized spacial score (nSPS) is 13.6. The molecular weight excluding hydrogens is 597 g/mol. The molecule has 3 aromatic carbocycles. The summed E-state index contributed by atoms with van der Waals surface area (Å²) in [5.74, 6) is -0.490. The Morgan fingerprint density at radius 1 is 1.11 bits per heavy atom. The van der Waals surface area contributed by atoms with Crippen LogP contribution in [0.15, 0.2) is 77.7 Å². The van der Waals surface area contributed by atoms with Gasteiger partial charge in [0.25, 0.3) is 5.56 Å². The van der Waals surface area contributed by atoms with Crippen molar-refractivity contribution in [3.63, 3.8) is 0 Å². The number of nitrogens with two attached hydrogens (primary N) is 1. The molecule has 1 saturated heterocycles. The number of ketones is 1. The van der Waals surface area contributed by atoms with E-state index in [1.807, 2.05) is 0 Å². The molecule has 0 amide bonds. The maximum Gasteiger partial charge on any atom is 0.282 e. The third-order valence-electron chi connectivity index (χ3n) is 7.98. The number of halogens is 2. The molecule has 0 saturated carbocycles. The van der Waals surface area contributed by atoms with Gasteiger partial charge in [-0.1, -0.05) is 48.0 Å². The maximum atomic E-state index is 15.5. The number of aromatic nitrogens is 4. The van der Waals surface area contributed by atoms with E-state index in [9.17, 15) is 9.59 Å². The molecule has 2 aromatic heterocycles. The highest BCUT2D eigenvalue weighted by Gasteiger charge is 2.23. The summed E-state index contributed by atoms with van der Waals surface area (Å²) >= 11 is 6.14. The molecule has 0 aliphatic carbocycles. The van der Waals surface area contributed by atoms with Gasteiger partial charge in [-0.15, -0.1) is 0 Å². The number of carbonyl (C=O) groups is 1. The number of rotatable bonds is 8. The largest absolute Gasteiger partial charge is 0.487 e. The van der Waals surface area contributed by atoms with Crippen LogP contribution >= 0.6 is 11.6 Å². The van der Waals surface area contributed by atoms with Gasteiger partial charge in [0, 0.05) is 48.2 Å². The minimum atomic E-state index is -0.520. The van der Waals surface area contributed by atoms with Crippen LogP contribution < -0.4 is 16.0 Å². The van der Waals surface area contributed by atoms with E-state index in [0.717, 1.165) is 0 Å². The van der Waals surface area contributed by atoms with E-state index in [4.69, 9.17) is 26.8 Å². The van der Waals surface area contributed by atoms with Crippen LogP contribution in [0.25, 0.3) is 28.2 Å². The highest BCUT2D eigenvalue weighted by Crippen LogP contribution is 2.32. The monoisotopic (exact) mass is 627 g/mol. The van der Waals surface area contributed by atoms with Crippen molar-refractivity contribution < 1.29 is 18.7 Å². The van der Waals surface area contributed by atoms with Crippen LogP contribution in [-0.2, 0) is 18.2 Å². The lowest BCUT2D eigenvalue weighted by molar-refractivity contribution is 0.0241. The third-order valence-corrected chi connectivity index (χ3v) is 8.21. The smallest absolute Gasteiger partial charge is 0.282 e. The van der Waals surface area contributed by atoms with E-state index >= 15 is 4.39 Å². The minimum absolute atomic E-state index is 0.0161. The number of hydrogen-bond acceptors (Lipinski definition) is 7. The fraction of sp³-hybridized carbons (Fsp3) is 0.235. The van der Waals surface area contributed by atoms with Crippen LogP contribution in [0.1, 0.15) is 34.5 Å². The van der Waals surface area contributed by atoms with Crippen molar-refractivity contribution in [3.8, 4) is 34.0 Å². The van der Waals surface area contributed by atoms with Crippen LogP contribution in [0.3, 0.4) is 0 Å². The molecule has 1 aliphatic heterocycles. The number of carbonyl (C=O) groups excluding carboxylic acids is 1. The van der Waals surface area contributed by atoms with Crippen LogP contribution in [0.2, 0.25) is 5.02 Å². The summed E-state index contributed by atoms with van der Waals surface area (Å²) in [5, 5.41) is 0.486. The predicted octanol–water partition coefficient (Wildman–Crippen LogP) is 5.97. The molecule has 5 aromatic rings. The molecule has 230 valence electrons. The zero-order chi connectivity index (χ0) is 31.7. The lowest BCUT2D eigenvalue weighted by Gasteiger charge is -2.23. The van der Waals surface area contributed by atoms with Gasteiger partial charge in [0.05, 0.1) is 30.8 Å². The number of benzene rings is 3. The van der Waals surface area contributed by atoms with Gasteiger partial charge >= 0.3 is 0 Å². The van der Waals surface area contributed by atoms with Crippen LogP contribution in [0.4, 0.5) is 10.2 Å².